The van der Waals surface area contributed by atoms with Crippen molar-refractivity contribution in [2.75, 3.05) is 13.2 Å². The maximum atomic E-state index is 12.6. The number of rotatable bonds is 7. The molecular weight excluding hydrogens is 223 g/mol. The zero-order chi connectivity index (χ0) is 12.5. The van der Waals surface area contributed by atoms with Gasteiger partial charge < -0.3 is 9.47 Å². The third-order valence-electron chi connectivity index (χ3n) is 2.09. The maximum Gasteiger partial charge on any atom is 0.305 e. The largest absolute Gasteiger partial charge is 0.493 e. The van der Waals surface area contributed by atoms with Gasteiger partial charge in [-0.05, 0) is 30.7 Å². The standard InChI is InChI=1S/C13H17FO3/c1-2-4-13(15)17-10-3-9-16-12-7-5-11(14)6-8-12/h5-8H,2-4,9-10H2,1H3. The van der Waals surface area contributed by atoms with Crippen LogP contribution >= 0.6 is 0 Å². The molecule has 0 atom stereocenters. The minimum absolute atomic E-state index is 0.172. The van der Waals surface area contributed by atoms with Gasteiger partial charge in [0, 0.05) is 12.8 Å². The molecule has 0 unspecified atom stereocenters. The van der Waals surface area contributed by atoms with Crippen molar-refractivity contribution in [2.45, 2.75) is 26.2 Å². The van der Waals surface area contributed by atoms with Crippen molar-refractivity contribution >= 4 is 5.97 Å². The van der Waals surface area contributed by atoms with Crippen molar-refractivity contribution in [3.63, 3.8) is 0 Å². The SMILES string of the molecule is CCCC(=O)OCCCOc1ccc(F)cc1. The first-order chi connectivity index (χ1) is 8.22. The quantitative estimate of drug-likeness (QED) is 0.543. The third kappa shape index (κ3) is 5.90. The summed E-state index contributed by atoms with van der Waals surface area (Å²) in [4.78, 5) is 11.0. The molecule has 0 aromatic heterocycles. The summed E-state index contributed by atoms with van der Waals surface area (Å²) in [7, 11) is 0. The van der Waals surface area contributed by atoms with Crippen LogP contribution in [-0.2, 0) is 9.53 Å². The van der Waals surface area contributed by atoms with Crippen LogP contribution in [0.25, 0.3) is 0 Å². The van der Waals surface area contributed by atoms with Gasteiger partial charge >= 0.3 is 5.97 Å². The molecule has 17 heavy (non-hydrogen) atoms. The van der Waals surface area contributed by atoms with Gasteiger partial charge in [0.2, 0.25) is 0 Å². The number of carbonyl (C=O) groups is 1. The summed E-state index contributed by atoms with van der Waals surface area (Å²) in [6.45, 7) is 2.74. The molecule has 0 saturated carbocycles. The molecule has 0 saturated heterocycles. The van der Waals surface area contributed by atoms with E-state index in [1.165, 1.54) is 12.1 Å². The molecule has 94 valence electrons. The van der Waals surface area contributed by atoms with Crippen molar-refractivity contribution < 1.29 is 18.7 Å². The first-order valence-corrected chi connectivity index (χ1v) is 5.76. The summed E-state index contributed by atoms with van der Waals surface area (Å²) >= 11 is 0. The molecular formula is C13H17FO3. The Morgan fingerprint density at radius 2 is 1.94 bits per heavy atom. The zero-order valence-corrected chi connectivity index (χ0v) is 9.95. The summed E-state index contributed by atoms with van der Waals surface area (Å²) in [5, 5.41) is 0. The second-order valence-corrected chi connectivity index (χ2v) is 3.63. The second kappa shape index (κ2) is 7.65. The highest BCUT2D eigenvalue weighted by atomic mass is 19.1. The minimum Gasteiger partial charge on any atom is -0.493 e. The van der Waals surface area contributed by atoms with Gasteiger partial charge in [-0.2, -0.15) is 0 Å². The van der Waals surface area contributed by atoms with Gasteiger partial charge in [0.05, 0.1) is 13.2 Å². The highest BCUT2D eigenvalue weighted by Gasteiger charge is 2.00. The molecule has 0 N–H and O–H groups in total. The highest BCUT2D eigenvalue weighted by molar-refractivity contribution is 5.69. The Kier molecular flexibility index (Phi) is 6.07. The van der Waals surface area contributed by atoms with Crippen LogP contribution in [0.2, 0.25) is 0 Å². The number of halogens is 1. The fourth-order valence-corrected chi connectivity index (χ4v) is 1.24. The zero-order valence-electron chi connectivity index (χ0n) is 9.95. The number of ether oxygens (including phenoxy) is 2. The lowest BCUT2D eigenvalue weighted by Gasteiger charge is -2.06. The van der Waals surface area contributed by atoms with E-state index in [0.717, 1.165) is 6.42 Å². The molecule has 0 radical (unpaired) electrons. The van der Waals surface area contributed by atoms with E-state index in [2.05, 4.69) is 0 Å². The summed E-state index contributed by atoms with van der Waals surface area (Å²) in [5.74, 6) is 0.159. The average molecular weight is 240 g/mol. The maximum absolute atomic E-state index is 12.6. The van der Waals surface area contributed by atoms with Crippen LogP contribution in [0.3, 0.4) is 0 Å². The molecule has 0 aliphatic carbocycles. The Balaban J connectivity index is 2.08. The molecule has 4 heteroatoms. The number of carbonyl (C=O) groups excluding carboxylic acids is 1. The Hall–Kier alpha value is -1.58. The van der Waals surface area contributed by atoms with Gasteiger partial charge in [0.25, 0.3) is 0 Å². The lowest BCUT2D eigenvalue weighted by Crippen LogP contribution is -2.08. The number of hydrogen-bond donors (Lipinski definition) is 0. The van der Waals surface area contributed by atoms with Crippen molar-refractivity contribution in [2.24, 2.45) is 0 Å². The molecule has 0 fully saturated rings. The lowest BCUT2D eigenvalue weighted by molar-refractivity contribution is -0.143. The van der Waals surface area contributed by atoms with Crippen LogP contribution in [0.4, 0.5) is 4.39 Å². The molecule has 1 aromatic carbocycles. The van der Waals surface area contributed by atoms with Crippen molar-refractivity contribution in [1.29, 1.82) is 0 Å². The van der Waals surface area contributed by atoms with Gasteiger partial charge in [0.15, 0.2) is 0 Å². The minimum atomic E-state index is -0.286. The van der Waals surface area contributed by atoms with Gasteiger partial charge in [0.1, 0.15) is 11.6 Å². The van der Waals surface area contributed by atoms with Gasteiger partial charge in [-0.3, -0.25) is 4.79 Å². The number of esters is 1. The van der Waals surface area contributed by atoms with E-state index in [-0.39, 0.29) is 11.8 Å². The predicted octanol–water partition coefficient (Wildman–Crippen LogP) is 2.94. The molecule has 0 spiro atoms. The topological polar surface area (TPSA) is 35.5 Å². The van der Waals surface area contributed by atoms with Crippen molar-refractivity contribution in [1.82, 2.24) is 0 Å². The predicted molar refractivity (Wildman–Crippen MR) is 62.4 cm³/mol. The Bertz CT molecular complexity index is 335. The second-order valence-electron chi connectivity index (χ2n) is 3.63. The van der Waals surface area contributed by atoms with E-state index < -0.39 is 0 Å². The van der Waals surface area contributed by atoms with Crippen LogP contribution in [0.15, 0.2) is 24.3 Å². The molecule has 0 bridgehead atoms. The van der Waals surface area contributed by atoms with E-state index in [1.807, 2.05) is 6.92 Å². The van der Waals surface area contributed by atoms with Crippen LogP contribution in [0.1, 0.15) is 26.2 Å². The normalized spacial score (nSPS) is 10.0. The molecule has 0 amide bonds. The van der Waals surface area contributed by atoms with E-state index in [0.29, 0.717) is 31.8 Å². The van der Waals surface area contributed by atoms with Crippen LogP contribution in [0.5, 0.6) is 5.75 Å². The summed E-state index contributed by atoms with van der Waals surface area (Å²) in [6, 6.07) is 5.82. The molecule has 0 aliphatic rings. The number of benzene rings is 1. The van der Waals surface area contributed by atoms with Crippen LogP contribution < -0.4 is 4.74 Å². The Labute approximate surface area is 101 Å². The molecule has 0 aliphatic heterocycles. The third-order valence-corrected chi connectivity index (χ3v) is 2.09. The summed E-state index contributed by atoms with van der Waals surface area (Å²) < 4.78 is 22.9. The van der Waals surface area contributed by atoms with Crippen molar-refractivity contribution in [3.05, 3.63) is 30.1 Å². The number of hydrogen-bond acceptors (Lipinski definition) is 3. The molecule has 3 nitrogen and oxygen atoms in total. The van der Waals surface area contributed by atoms with E-state index in [1.54, 1.807) is 12.1 Å². The monoisotopic (exact) mass is 240 g/mol. The molecule has 0 heterocycles. The van der Waals surface area contributed by atoms with E-state index in [9.17, 15) is 9.18 Å². The first-order valence-electron chi connectivity index (χ1n) is 5.76. The highest BCUT2D eigenvalue weighted by Crippen LogP contribution is 2.11. The molecule has 1 aromatic rings. The Morgan fingerprint density at radius 3 is 2.59 bits per heavy atom. The van der Waals surface area contributed by atoms with E-state index >= 15 is 0 Å². The smallest absolute Gasteiger partial charge is 0.305 e. The van der Waals surface area contributed by atoms with E-state index in [4.69, 9.17) is 9.47 Å². The first kappa shape index (κ1) is 13.5. The lowest BCUT2D eigenvalue weighted by atomic mass is 10.3. The van der Waals surface area contributed by atoms with Gasteiger partial charge in [-0.25, -0.2) is 4.39 Å². The fourth-order valence-electron chi connectivity index (χ4n) is 1.24. The van der Waals surface area contributed by atoms with Crippen LogP contribution in [-0.4, -0.2) is 19.2 Å². The fraction of sp³-hybridized carbons (Fsp3) is 0.462. The van der Waals surface area contributed by atoms with Gasteiger partial charge in [-0.15, -0.1) is 0 Å². The van der Waals surface area contributed by atoms with Crippen LogP contribution in [0, 0.1) is 5.82 Å². The Morgan fingerprint density at radius 1 is 1.24 bits per heavy atom. The summed E-state index contributed by atoms with van der Waals surface area (Å²) in [5.41, 5.74) is 0. The summed E-state index contributed by atoms with van der Waals surface area (Å²) in [6.07, 6.45) is 1.89. The average Bonchev–Trinajstić information content (AvgIpc) is 2.31. The molecule has 1 rings (SSSR count). The van der Waals surface area contributed by atoms with Gasteiger partial charge in [-0.1, -0.05) is 6.92 Å². The van der Waals surface area contributed by atoms with Crippen molar-refractivity contribution in [3.8, 4) is 5.75 Å².